The summed E-state index contributed by atoms with van der Waals surface area (Å²) in [6.07, 6.45) is -1.05. The largest absolute Gasteiger partial charge is 0.496 e. The van der Waals surface area contributed by atoms with Gasteiger partial charge in [-0.05, 0) is 30.7 Å². The number of aliphatic hydroxyl groups excluding tert-OH is 2. The zero-order chi connectivity index (χ0) is 20.3. The molecular weight excluding hydrogens is 376 g/mol. The number of nitrogens with zero attached hydrogens (tertiary/aromatic N) is 2. The van der Waals surface area contributed by atoms with Crippen LogP contribution in [-0.2, 0) is 29.1 Å². The standard InChI is InChI=1S/C21H18N2O6/c1-28-17-3-2-15-12(11(17)4-5-24)6-10-8-23-16(18(10)22-15)7-13-14(20(23)26)9-29-21(27)19(13)25/h2-3,6-7,19,24-25H,4-5,8-9H2,1H3/t19-/m0/s1. The van der Waals surface area contributed by atoms with E-state index in [1.807, 2.05) is 12.1 Å². The number of methoxy groups -OCH3 is 1. The summed E-state index contributed by atoms with van der Waals surface area (Å²) < 4.78 is 11.9. The first kappa shape index (κ1) is 17.8. The van der Waals surface area contributed by atoms with Crippen LogP contribution in [-0.4, -0.2) is 39.5 Å². The van der Waals surface area contributed by atoms with Crippen LogP contribution in [0.15, 0.2) is 29.1 Å². The Labute approximate surface area is 165 Å². The van der Waals surface area contributed by atoms with E-state index in [0.717, 1.165) is 16.5 Å². The molecule has 2 aromatic heterocycles. The van der Waals surface area contributed by atoms with Gasteiger partial charge in [0.15, 0.2) is 6.10 Å². The first-order valence-electron chi connectivity index (χ1n) is 9.25. The zero-order valence-corrected chi connectivity index (χ0v) is 15.6. The molecule has 3 aromatic rings. The highest BCUT2D eigenvalue weighted by molar-refractivity contribution is 5.89. The molecule has 0 bridgehead atoms. The normalized spacial score (nSPS) is 16.9. The van der Waals surface area contributed by atoms with Gasteiger partial charge >= 0.3 is 5.97 Å². The Hall–Kier alpha value is -3.23. The average Bonchev–Trinajstić information content (AvgIpc) is 3.08. The van der Waals surface area contributed by atoms with Crippen LogP contribution in [0.2, 0.25) is 0 Å². The molecule has 1 atom stereocenters. The Bertz CT molecular complexity index is 1250. The summed E-state index contributed by atoms with van der Waals surface area (Å²) in [5.74, 6) is -0.0810. The topological polar surface area (TPSA) is 111 Å². The van der Waals surface area contributed by atoms with Crippen LogP contribution in [0.1, 0.15) is 28.4 Å². The molecule has 0 radical (unpaired) electrons. The van der Waals surface area contributed by atoms with Gasteiger partial charge in [-0.1, -0.05) is 0 Å². The molecule has 148 valence electrons. The van der Waals surface area contributed by atoms with E-state index in [-0.39, 0.29) is 24.3 Å². The lowest BCUT2D eigenvalue weighted by atomic mass is 9.99. The molecule has 5 rings (SSSR count). The molecule has 29 heavy (non-hydrogen) atoms. The van der Waals surface area contributed by atoms with Crippen molar-refractivity contribution in [2.24, 2.45) is 0 Å². The molecule has 8 heteroatoms. The zero-order valence-electron chi connectivity index (χ0n) is 15.6. The molecule has 2 aliphatic rings. The number of hydrogen-bond acceptors (Lipinski definition) is 7. The van der Waals surface area contributed by atoms with Gasteiger partial charge in [-0.2, -0.15) is 0 Å². The lowest BCUT2D eigenvalue weighted by Crippen LogP contribution is -2.32. The highest BCUT2D eigenvalue weighted by Gasteiger charge is 2.33. The van der Waals surface area contributed by atoms with Crippen molar-refractivity contribution in [3.8, 4) is 17.1 Å². The first-order valence-corrected chi connectivity index (χ1v) is 9.25. The number of ether oxygens (including phenoxy) is 2. The van der Waals surface area contributed by atoms with Crippen molar-refractivity contribution in [1.82, 2.24) is 9.55 Å². The van der Waals surface area contributed by atoms with Gasteiger partial charge in [0.25, 0.3) is 5.56 Å². The monoisotopic (exact) mass is 394 g/mol. The molecule has 0 spiro atoms. The lowest BCUT2D eigenvalue weighted by molar-refractivity contribution is -0.157. The molecule has 0 saturated heterocycles. The third-order valence-corrected chi connectivity index (χ3v) is 5.61. The van der Waals surface area contributed by atoms with Crippen LogP contribution in [0.25, 0.3) is 22.3 Å². The van der Waals surface area contributed by atoms with Crippen molar-refractivity contribution in [1.29, 1.82) is 0 Å². The quantitative estimate of drug-likeness (QED) is 0.500. The summed E-state index contributed by atoms with van der Waals surface area (Å²) in [7, 11) is 1.58. The molecule has 1 aromatic carbocycles. The van der Waals surface area contributed by atoms with Crippen LogP contribution >= 0.6 is 0 Å². The van der Waals surface area contributed by atoms with Crippen molar-refractivity contribution in [2.45, 2.75) is 25.7 Å². The molecule has 2 N–H and O–H groups in total. The Kier molecular flexibility index (Phi) is 3.94. The van der Waals surface area contributed by atoms with Gasteiger partial charge in [0.05, 0.1) is 36.1 Å². The molecular formula is C21H18N2O6. The highest BCUT2D eigenvalue weighted by atomic mass is 16.5. The molecule has 0 aliphatic carbocycles. The molecule has 0 unspecified atom stereocenters. The summed E-state index contributed by atoms with van der Waals surface area (Å²) in [5, 5.41) is 20.5. The number of pyridine rings is 2. The van der Waals surface area contributed by atoms with Crippen molar-refractivity contribution < 1.29 is 24.5 Å². The second kappa shape index (κ2) is 6.40. The summed E-state index contributed by atoms with van der Waals surface area (Å²) in [6.45, 7) is 0.165. The summed E-state index contributed by atoms with van der Waals surface area (Å²) in [5.41, 5.74) is 3.92. The number of carbonyl (C=O) groups excluding carboxylic acids is 1. The van der Waals surface area contributed by atoms with Crippen LogP contribution < -0.4 is 10.3 Å². The van der Waals surface area contributed by atoms with Crippen LogP contribution in [0, 0.1) is 0 Å². The summed E-state index contributed by atoms with van der Waals surface area (Å²) in [4.78, 5) is 29.4. The fourth-order valence-corrected chi connectivity index (χ4v) is 4.20. The van der Waals surface area contributed by atoms with E-state index in [9.17, 15) is 19.8 Å². The maximum absolute atomic E-state index is 13.0. The number of rotatable bonds is 3. The Morgan fingerprint density at radius 1 is 1.31 bits per heavy atom. The number of hydrogen-bond donors (Lipinski definition) is 2. The predicted molar refractivity (Wildman–Crippen MR) is 103 cm³/mol. The van der Waals surface area contributed by atoms with Gasteiger partial charge in [-0.3, -0.25) is 4.79 Å². The number of benzene rings is 1. The van der Waals surface area contributed by atoms with Crippen LogP contribution in [0.4, 0.5) is 0 Å². The number of carbonyl (C=O) groups is 1. The van der Waals surface area contributed by atoms with Gasteiger partial charge < -0.3 is 24.3 Å². The fraction of sp³-hybridized carbons (Fsp3) is 0.286. The van der Waals surface area contributed by atoms with Crippen molar-refractivity contribution in [3.05, 3.63) is 56.9 Å². The van der Waals surface area contributed by atoms with Crippen LogP contribution in [0.3, 0.4) is 0 Å². The van der Waals surface area contributed by atoms with Crippen molar-refractivity contribution >= 4 is 16.9 Å². The van der Waals surface area contributed by atoms with Gasteiger partial charge in [0, 0.05) is 28.7 Å². The fourth-order valence-electron chi connectivity index (χ4n) is 4.20. The summed E-state index contributed by atoms with van der Waals surface area (Å²) in [6, 6.07) is 7.27. The highest BCUT2D eigenvalue weighted by Crippen LogP contribution is 2.37. The van der Waals surface area contributed by atoms with Gasteiger partial charge in [-0.15, -0.1) is 0 Å². The van der Waals surface area contributed by atoms with Gasteiger partial charge in [-0.25, -0.2) is 9.78 Å². The van der Waals surface area contributed by atoms with E-state index in [4.69, 9.17) is 14.5 Å². The van der Waals surface area contributed by atoms with Gasteiger partial charge in [0.2, 0.25) is 0 Å². The first-order chi connectivity index (χ1) is 14.0. The SMILES string of the molecule is COc1ccc2nc3c(cc2c1CCO)Cn1c-3cc2c(c1=O)COC(=O)[C@H]2O. The Balaban J connectivity index is 1.74. The van der Waals surface area contributed by atoms with Crippen molar-refractivity contribution in [3.63, 3.8) is 0 Å². The smallest absolute Gasteiger partial charge is 0.340 e. The molecule has 2 aliphatic heterocycles. The van der Waals surface area contributed by atoms with E-state index >= 15 is 0 Å². The van der Waals surface area contributed by atoms with Crippen LogP contribution in [0.5, 0.6) is 5.75 Å². The van der Waals surface area contributed by atoms with Crippen molar-refractivity contribution in [2.75, 3.05) is 13.7 Å². The number of aliphatic hydroxyl groups is 2. The Morgan fingerprint density at radius 3 is 2.90 bits per heavy atom. The summed E-state index contributed by atoms with van der Waals surface area (Å²) >= 11 is 0. The third-order valence-electron chi connectivity index (χ3n) is 5.61. The lowest BCUT2D eigenvalue weighted by Gasteiger charge is -2.21. The molecule has 0 amide bonds. The number of cyclic esters (lactones) is 1. The number of fused-ring (bicyclic) bond motifs is 5. The average molecular weight is 394 g/mol. The maximum Gasteiger partial charge on any atom is 0.340 e. The Morgan fingerprint density at radius 2 is 2.14 bits per heavy atom. The number of esters is 1. The molecule has 0 fully saturated rings. The minimum absolute atomic E-state index is 0.0229. The minimum Gasteiger partial charge on any atom is -0.496 e. The van der Waals surface area contributed by atoms with Gasteiger partial charge in [0.1, 0.15) is 12.4 Å². The minimum atomic E-state index is -1.47. The second-order valence-corrected chi connectivity index (χ2v) is 7.15. The molecule has 8 nitrogen and oxygen atoms in total. The molecule has 0 saturated carbocycles. The predicted octanol–water partition coefficient (Wildman–Crippen LogP) is 1.06. The van der Waals surface area contributed by atoms with E-state index in [1.165, 1.54) is 0 Å². The maximum atomic E-state index is 13.0. The second-order valence-electron chi connectivity index (χ2n) is 7.15. The molecule has 4 heterocycles. The van der Waals surface area contributed by atoms with E-state index in [1.54, 1.807) is 23.8 Å². The number of aromatic nitrogens is 2. The third kappa shape index (κ3) is 2.49. The van der Waals surface area contributed by atoms with E-state index in [0.29, 0.717) is 41.2 Å². The van der Waals surface area contributed by atoms with E-state index < -0.39 is 12.1 Å². The van der Waals surface area contributed by atoms with E-state index in [2.05, 4.69) is 0 Å².